The lowest BCUT2D eigenvalue weighted by molar-refractivity contribution is -0.131. The van der Waals surface area contributed by atoms with Crippen molar-refractivity contribution in [3.8, 4) is 0 Å². The zero-order valence-electron chi connectivity index (χ0n) is 21.9. The van der Waals surface area contributed by atoms with Crippen LogP contribution < -0.4 is 0 Å². The van der Waals surface area contributed by atoms with Gasteiger partial charge in [0.2, 0.25) is 0 Å². The van der Waals surface area contributed by atoms with Gasteiger partial charge in [-0.25, -0.2) is 0 Å². The van der Waals surface area contributed by atoms with Crippen molar-refractivity contribution >= 4 is 0 Å². The molecule has 4 aliphatic rings. The fraction of sp³-hybridized carbons (Fsp3) is 0.867. The molecule has 0 aliphatic heterocycles. The molecular formula is C30H50O. The Labute approximate surface area is 193 Å². The Morgan fingerprint density at radius 2 is 1.77 bits per heavy atom. The summed E-state index contributed by atoms with van der Waals surface area (Å²) < 4.78 is 0. The highest BCUT2D eigenvalue weighted by Gasteiger charge is 2.65. The number of hydrogen-bond acceptors (Lipinski definition) is 1. The standard InChI is InChI=1S/C30H50O/c1-20(2)10-9-11-21(3)22-14-18-30(8)24-12-13-25-27(4,5)26(31)16-17-28(25,6)23(24)15-19-29(22,30)7/h10,12,21-23,25-26,31H,9,11,13-19H2,1-8H3/t21-,22-,23-,25-,26?,28+,29-,30+/m0/s1. The first-order valence-electron chi connectivity index (χ1n) is 13.4. The molecule has 1 N–H and O–H groups in total. The van der Waals surface area contributed by atoms with Gasteiger partial charge >= 0.3 is 0 Å². The summed E-state index contributed by atoms with van der Waals surface area (Å²) in [4.78, 5) is 0. The van der Waals surface area contributed by atoms with Gasteiger partial charge in [-0.2, -0.15) is 0 Å². The monoisotopic (exact) mass is 426 g/mol. The second kappa shape index (κ2) is 7.75. The van der Waals surface area contributed by atoms with E-state index in [1.807, 2.05) is 5.57 Å². The second-order valence-electron chi connectivity index (χ2n) is 13.7. The van der Waals surface area contributed by atoms with Crippen LogP contribution in [0.2, 0.25) is 0 Å². The van der Waals surface area contributed by atoms with E-state index in [1.54, 1.807) is 0 Å². The molecule has 0 bridgehead atoms. The van der Waals surface area contributed by atoms with Gasteiger partial charge in [0.25, 0.3) is 0 Å². The van der Waals surface area contributed by atoms with E-state index in [2.05, 4.69) is 67.5 Å². The van der Waals surface area contributed by atoms with Crippen molar-refractivity contribution in [1.82, 2.24) is 0 Å². The van der Waals surface area contributed by atoms with E-state index in [0.29, 0.717) is 22.2 Å². The maximum atomic E-state index is 10.8. The van der Waals surface area contributed by atoms with Crippen molar-refractivity contribution in [2.24, 2.45) is 45.3 Å². The van der Waals surface area contributed by atoms with Gasteiger partial charge in [-0.15, -0.1) is 0 Å². The van der Waals surface area contributed by atoms with Crippen molar-refractivity contribution in [3.05, 3.63) is 23.3 Å². The van der Waals surface area contributed by atoms with E-state index in [9.17, 15) is 5.11 Å². The predicted octanol–water partition coefficient (Wildman–Crippen LogP) is 8.34. The topological polar surface area (TPSA) is 20.2 Å². The minimum Gasteiger partial charge on any atom is -0.393 e. The molecule has 8 atom stereocenters. The molecule has 0 amide bonds. The van der Waals surface area contributed by atoms with Gasteiger partial charge in [0, 0.05) is 0 Å². The third-order valence-corrected chi connectivity index (χ3v) is 11.7. The molecule has 0 aromatic heterocycles. The molecule has 0 aromatic rings. The lowest BCUT2D eigenvalue weighted by atomic mass is 9.41. The number of hydrogen-bond donors (Lipinski definition) is 1. The lowest BCUT2D eigenvalue weighted by Gasteiger charge is -2.64. The van der Waals surface area contributed by atoms with E-state index in [4.69, 9.17) is 0 Å². The zero-order chi connectivity index (χ0) is 22.8. The van der Waals surface area contributed by atoms with Gasteiger partial charge in [0.1, 0.15) is 0 Å². The first-order valence-corrected chi connectivity index (χ1v) is 13.4. The average Bonchev–Trinajstić information content (AvgIpc) is 2.96. The molecule has 176 valence electrons. The molecule has 0 heterocycles. The molecule has 1 heteroatoms. The molecule has 4 aliphatic carbocycles. The fourth-order valence-electron chi connectivity index (χ4n) is 9.49. The highest BCUT2D eigenvalue weighted by molar-refractivity contribution is 5.33. The highest BCUT2D eigenvalue weighted by Crippen LogP contribution is 2.73. The first kappa shape index (κ1) is 23.6. The van der Waals surface area contributed by atoms with Crippen LogP contribution in [0.3, 0.4) is 0 Å². The molecular weight excluding hydrogens is 376 g/mol. The molecule has 3 fully saturated rings. The predicted molar refractivity (Wildman–Crippen MR) is 133 cm³/mol. The van der Waals surface area contributed by atoms with Crippen molar-refractivity contribution in [2.75, 3.05) is 0 Å². The summed E-state index contributed by atoms with van der Waals surface area (Å²) in [6.07, 6.45) is 16.5. The van der Waals surface area contributed by atoms with Crippen LogP contribution in [0.1, 0.15) is 113 Å². The van der Waals surface area contributed by atoms with Crippen LogP contribution in [0, 0.1) is 45.3 Å². The van der Waals surface area contributed by atoms with Crippen LogP contribution in [0.5, 0.6) is 0 Å². The van der Waals surface area contributed by atoms with Gasteiger partial charge < -0.3 is 5.11 Å². The molecule has 4 rings (SSSR count). The van der Waals surface area contributed by atoms with Crippen LogP contribution in [-0.2, 0) is 0 Å². The van der Waals surface area contributed by atoms with E-state index < -0.39 is 0 Å². The molecule has 0 saturated heterocycles. The molecule has 31 heavy (non-hydrogen) atoms. The van der Waals surface area contributed by atoms with E-state index in [-0.39, 0.29) is 11.5 Å². The van der Waals surface area contributed by atoms with Crippen molar-refractivity contribution < 1.29 is 5.11 Å². The lowest BCUT2D eigenvalue weighted by Crippen LogP contribution is -2.58. The minimum absolute atomic E-state index is 0.0360. The number of allylic oxidation sites excluding steroid dienone is 4. The molecule has 0 radical (unpaired) electrons. The van der Waals surface area contributed by atoms with E-state index >= 15 is 0 Å². The van der Waals surface area contributed by atoms with Crippen LogP contribution in [0.4, 0.5) is 0 Å². The smallest absolute Gasteiger partial charge is 0.0594 e. The Bertz CT molecular complexity index is 754. The molecule has 3 saturated carbocycles. The van der Waals surface area contributed by atoms with Gasteiger partial charge in [-0.05, 0) is 117 Å². The minimum atomic E-state index is -0.137. The molecule has 0 aromatic carbocycles. The maximum Gasteiger partial charge on any atom is 0.0594 e. The number of aliphatic hydroxyl groups excluding tert-OH is 1. The van der Waals surface area contributed by atoms with Gasteiger partial charge in [0.05, 0.1) is 6.10 Å². The third kappa shape index (κ3) is 3.34. The normalized spacial score (nSPS) is 46.9. The summed E-state index contributed by atoms with van der Waals surface area (Å²) in [7, 11) is 0. The molecule has 1 nitrogen and oxygen atoms in total. The SMILES string of the molecule is CC(C)=CCC[C@H](C)[C@@H]1CC[C@]2(C)C3=CC[C@H]4C(C)(C)C(O)CC[C@]4(C)[C@H]3CC[C@@]12C. The summed E-state index contributed by atoms with van der Waals surface area (Å²) in [5.41, 5.74) is 4.53. The fourth-order valence-corrected chi connectivity index (χ4v) is 9.49. The number of aliphatic hydroxyl groups is 1. The molecule has 1 unspecified atom stereocenters. The number of fused-ring (bicyclic) bond motifs is 5. The second-order valence-corrected chi connectivity index (χ2v) is 13.7. The molecule has 0 spiro atoms. The van der Waals surface area contributed by atoms with E-state index in [1.165, 1.54) is 56.9 Å². The number of rotatable bonds is 4. The Hall–Kier alpha value is -0.560. The Morgan fingerprint density at radius 3 is 2.45 bits per heavy atom. The van der Waals surface area contributed by atoms with Crippen molar-refractivity contribution in [1.29, 1.82) is 0 Å². The summed E-state index contributed by atoms with van der Waals surface area (Å²) in [6, 6.07) is 0. The third-order valence-electron chi connectivity index (χ3n) is 11.7. The van der Waals surface area contributed by atoms with Gasteiger partial charge in [-0.3, -0.25) is 0 Å². The summed E-state index contributed by atoms with van der Waals surface area (Å²) >= 11 is 0. The highest BCUT2D eigenvalue weighted by atomic mass is 16.3. The Kier molecular flexibility index (Phi) is 5.90. The summed E-state index contributed by atoms with van der Waals surface area (Å²) in [5.74, 6) is 3.02. The van der Waals surface area contributed by atoms with Gasteiger partial charge in [-0.1, -0.05) is 64.8 Å². The van der Waals surface area contributed by atoms with E-state index in [0.717, 1.165) is 24.2 Å². The van der Waals surface area contributed by atoms with Crippen LogP contribution >= 0.6 is 0 Å². The van der Waals surface area contributed by atoms with Crippen molar-refractivity contribution in [3.63, 3.8) is 0 Å². The van der Waals surface area contributed by atoms with Gasteiger partial charge in [0.15, 0.2) is 0 Å². The Morgan fingerprint density at radius 1 is 1.06 bits per heavy atom. The average molecular weight is 427 g/mol. The first-order chi connectivity index (χ1) is 14.4. The quantitative estimate of drug-likeness (QED) is 0.448. The van der Waals surface area contributed by atoms with Crippen molar-refractivity contribution in [2.45, 2.75) is 119 Å². The maximum absolute atomic E-state index is 10.8. The summed E-state index contributed by atoms with van der Waals surface area (Å²) in [6.45, 7) is 19.6. The van der Waals surface area contributed by atoms with Crippen LogP contribution in [-0.4, -0.2) is 11.2 Å². The summed E-state index contributed by atoms with van der Waals surface area (Å²) in [5, 5.41) is 10.8. The Balaban J connectivity index is 1.62. The van der Waals surface area contributed by atoms with Crippen LogP contribution in [0.25, 0.3) is 0 Å². The van der Waals surface area contributed by atoms with Crippen LogP contribution in [0.15, 0.2) is 23.3 Å². The zero-order valence-corrected chi connectivity index (χ0v) is 21.9. The largest absolute Gasteiger partial charge is 0.393 e.